The second kappa shape index (κ2) is 5.05. The molecule has 0 bridgehead atoms. The summed E-state index contributed by atoms with van der Waals surface area (Å²) in [5.41, 5.74) is 9.97. The van der Waals surface area contributed by atoms with Gasteiger partial charge >= 0.3 is 0 Å². The third-order valence-corrected chi connectivity index (χ3v) is 3.94. The molecule has 1 aliphatic heterocycles. The van der Waals surface area contributed by atoms with Crippen LogP contribution < -0.4 is 10.6 Å². The summed E-state index contributed by atoms with van der Waals surface area (Å²) >= 11 is 0. The molecular formula is C15H20N4. The van der Waals surface area contributed by atoms with Crippen molar-refractivity contribution in [1.29, 1.82) is 0 Å². The van der Waals surface area contributed by atoms with E-state index in [1.165, 1.54) is 23.4 Å². The summed E-state index contributed by atoms with van der Waals surface area (Å²) in [6.07, 6.45) is 6.11. The third kappa shape index (κ3) is 2.12. The Morgan fingerprint density at radius 3 is 2.95 bits per heavy atom. The molecule has 1 aliphatic rings. The first kappa shape index (κ1) is 12.2. The molecule has 4 heteroatoms. The number of nitrogens with zero attached hydrogens (tertiary/aromatic N) is 3. The molecule has 0 amide bonds. The summed E-state index contributed by atoms with van der Waals surface area (Å²) in [4.78, 5) is 6.65. The number of anilines is 1. The van der Waals surface area contributed by atoms with Gasteiger partial charge in [-0.3, -0.25) is 0 Å². The maximum atomic E-state index is 6.04. The van der Waals surface area contributed by atoms with Crippen molar-refractivity contribution in [3.63, 3.8) is 0 Å². The summed E-state index contributed by atoms with van der Waals surface area (Å²) < 4.78 is 2.06. The molecule has 0 aliphatic carbocycles. The SMILES string of the molecule is Cn1cncc1C(CN)N1CCCc2ccccc21. The quantitative estimate of drug-likeness (QED) is 0.912. The lowest BCUT2D eigenvalue weighted by Crippen LogP contribution is -2.38. The molecule has 0 spiro atoms. The minimum Gasteiger partial charge on any atom is -0.361 e. The maximum Gasteiger partial charge on any atom is 0.0946 e. The molecule has 0 saturated carbocycles. The van der Waals surface area contributed by atoms with Crippen LogP contribution in [0.2, 0.25) is 0 Å². The van der Waals surface area contributed by atoms with Crippen LogP contribution in [-0.4, -0.2) is 22.6 Å². The molecule has 1 aromatic carbocycles. The zero-order chi connectivity index (χ0) is 13.2. The molecule has 100 valence electrons. The van der Waals surface area contributed by atoms with Crippen molar-refractivity contribution in [2.75, 3.05) is 18.0 Å². The Morgan fingerprint density at radius 2 is 2.21 bits per heavy atom. The number of imidazole rings is 1. The van der Waals surface area contributed by atoms with Gasteiger partial charge < -0.3 is 15.2 Å². The molecule has 1 atom stereocenters. The standard InChI is InChI=1S/C15H20N4/c1-18-11-17-10-15(18)14(9-16)19-8-4-6-12-5-2-3-7-13(12)19/h2-3,5,7,10-11,14H,4,6,8-9,16H2,1H3. The van der Waals surface area contributed by atoms with Crippen LogP contribution in [0.3, 0.4) is 0 Å². The number of nitrogens with two attached hydrogens (primary N) is 1. The normalized spacial score (nSPS) is 16.2. The molecule has 1 unspecified atom stereocenters. The monoisotopic (exact) mass is 256 g/mol. The number of fused-ring (bicyclic) bond motifs is 1. The van der Waals surface area contributed by atoms with E-state index in [1.54, 1.807) is 0 Å². The lowest BCUT2D eigenvalue weighted by Gasteiger charge is -2.37. The van der Waals surface area contributed by atoms with E-state index in [4.69, 9.17) is 5.73 Å². The van der Waals surface area contributed by atoms with Crippen LogP contribution in [0.5, 0.6) is 0 Å². The topological polar surface area (TPSA) is 47.1 Å². The molecular weight excluding hydrogens is 236 g/mol. The van der Waals surface area contributed by atoms with Crippen LogP contribution in [0, 0.1) is 0 Å². The number of benzene rings is 1. The van der Waals surface area contributed by atoms with Crippen molar-refractivity contribution < 1.29 is 0 Å². The molecule has 1 aromatic heterocycles. The van der Waals surface area contributed by atoms with Gasteiger partial charge in [-0.15, -0.1) is 0 Å². The summed E-state index contributed by atoms with van der Waals surface area (Å²) in [5.74, 6) is 0. The average molecular weight is 256 g/mol. The van der Waals surface area contributed by atoms with Crippen molar-refractivity contribution in [2.45, 2.75) is 18.9 Å². The van der Waals surface area contributed by atoms with Gasteiger partial charge in [-0.2, -0.15) is 0 Å². The molecule has 0 radical (unpaired) electrons. The third-order valence-electron chi connectivity index (χ3n) is 3.94. The van der Waals surface area contributed by atoms with Gasteiger partial charge in [0.2, 0.25) is 0 Å². The first-order chi connectivity index (χ1) is 9.31. The van der Waals surface area contributed by atoms with Crippen molar-refractivity contribution in [2.24, 2.45) is 12.8 Å². The summed E-state index contributed by atoms with van der Waals surface area (Å²) in [7, 11) is 2.03. The molecule has 0 saturated heterocycles. The van der Waals surface area contributed by atoms with Gasteiger partial charge in [0.25, 0.3) is 0 Å². The molecule has 2 aromatic rings. The predicted octanol–water partition coefficient (Wildman–Crippen LogP) is 1.87. The van der Waals surface area contributed by atoms with E-state index in [-0.39, 0.29) is 6.04 Å². The Labute approximate surface area is 113 Å². The van der Waals surface area contributed by atoms with Crippen molar-refractivity contribution in [1.82, 2.24) is 9.55 Å². The van der Waals surface area contributed by atoms with E-state index in [1.807, 2.05) is 19.6 Å². The highest BCUT2D eigenvalue weighted by molar-refractivity contribution is 5.56. The van der Waals surface area contributed by atoms with Gasteiger partial charge in [-0.25, -0.2) is 4.98 Å². The fourth-order valence-electron chi connectivity index (χ4n) is 2.98. The van der Waals surface area contributed by atoms with Gasteiger partial charge in [0.05, 0.1) is 24.3 Å². The second-order valence-electron chi connectivity index (χ2n) is 5.11. The Balaban J connectivity index is 2.00. The zero-order valence-corrected chi connectivity index (χ0v) is 11.3. The summed E-state index contributed by atoms with van der Waals surface area (Å²) in [6.45, 7) is 1.66. The molecule has 2 N–H and O–H groups in total. The van der Waals surface area contributed by atoms with Crippen LogP contribution in [0.4, 0.5) is 5.69 Å². The van der Waals surface area contributed by atoms with Gasteiger partial charge in [0.1, 0.15) is 0 Å². The Kier molecular flexibility index (Phi) is 3.25. The molecule has 3 rings (SSSR count). The van der Waals surface area contributed by atoms with Crippen LogP contribution >= 0.6 is 0 Å². The number of hydrogen-bond acceptors (Lipinski definition) is 3. The second-order valence-corrected chi connectivity index (χ2v) is 5.11. The first-order valence-corrected chi connectivity index (χ1v) is 6.82. The van der Waals surface area contributed by atoms with Crippen LogP contribution in [-0.2, 0) is 13.5 Å². The summed E-state index contributed by atoms with van der Waals surface area (Å²) in [6, 6.07) is 8.85. The lowest BCUT2D eigenvalue weighted by atomic mass is 9.99. The fourth-order valence-corrected chi connectivity index (χ4v) is 2.98. The van der Waals surface area contributed by atoms with Crippen molar-refractivity contribution in [3.05, 3.63) is 48.0 Å². The van der Waals surface area contributed by atoms with Gasteiger partial charge in [-0.05, 0) is 24.5 Å². The van der Waals surface area contributed by atoms with Gasteiger partial charge in [0.15, 0.2) is 0 Å². The fraction of sp³-hybridized carbons (Fsp3) is 0.400. The highest BCUT2D eigenvalue weighted by Crippen LogP contribution is 2.33. The minimum absolute atomic E-state index is 0.203. The van der Waals surface area contributed by atoms with Crippen LogP contribution in [0.25, 0.3) is 0 Å². The maximum absolute atomic E-state index is 6.04. The highest BCUT2D eigenvalue weighted by atomic mass is 15.2. The summed E-state index contributed by atoms with van der Waals surface area (Å²) in [5, 5.41) is 0. The van der Waals surface area contributed by atoms with E-state index in [0.29, 0.717) is 6.54 Å². The largest absolute Gasteiger partial charge is 0.361 e. The van der Waals surface area contributed by atoms with Gasteiger partial charge in [-0.1, -0.05) is 18.2 Å². The predicted molar refractivity (Wildman–Crippen MR) is 77.1 cm³/mol. The Bertz CT molecular complexity index is 561. The van der Waals surface area contributed by atoms with E-state index in [2.05, 4.69) is 38.7 Å². The van der Waals surface area contributed by atoms with Crippen LogP contribution in [0.15, 0.2) is 36.8 Å². The minimum atomic E-state index is 0.203. The Morgan fingerprint density at radius 1 is 1.37 bits per heavy atom. The van der Waals surface area contributed by atoms with Crippen molar-refractivity contribution >= 4 is 5.69 Å². The molecule has 19 heavy (non-hydrogen) atoms. The smallest absolute Gasteiger partial charge is 0.0946 e. The number of aromatic nitrogens is 2. The lowest BCUT2D eigenvalue weighted by molar-refractivity contribution is 0.561. The number of rotatable bonds is 3. The first-order valence-electron chi connectivity index (χ1n) is 6.82. The number of hydrogen-bond donors (Lipinski definition) is 1. The molecule has 2 heterocycles. The molecule has 0 fully saturated rings. The average Bonchev–Trinajstić information content (AvgIpc) is 2.86. The number of aryl methyl sites for hydroxylation is 2. The van der Waals surface area contributed by atoms with Crippen molar-refractivity contribution in [3.8, 4) is 0 Å². The van der Waals surface area contributed by atoms with E-state index in [0.717, 1.165) is 13.0 Å². The molecule has 4 nitrogen and oxygen atoms in total. The number of para-hydroxylation sites is 1. The van der Waals surface area contributed by atoms with Gasteiger partial charge in [0, 0.05) is 25.8 Å². The zero-order valence-electron chi connectivity index (χ0n) is 11.3. The Hall–Kier alpha value is -1.81. The van der Waals surface area contributed by atoms with E-state index >= 15 is 0 Å². The highest BCUT2D eigenvalue weighted by Gasteiger charge is 2.25. The van der Waals surface area contributed by atoms with E-state index in [9.17, 15) is 0 Å². The van der Waals surface area contributed by atoms with Crippen LogP contribution in [0.1, 0.15) is 23.7 Å². The van der Waals surface area contributed by atoms with E-state index < -0.39 is 0 Å².